The van der Waals surface area contributed by atoms with Crippen LogP contribution in [0.5, 0.6) is 0 Å². The second-order valence-corrected chi connectivity index (χ2v) is 6.13. The van der Waals surface area contributed by atoms with E-state index >= 15 is 0 Å². The van der Waals surface area contributed by atoms with Crippen molar-refractivity contribution < 1.29 is 9.90 Å². The van der Waals surface area contributed by atoms with Gasteiger partial charge in [0.05, 0.1) is 6.04 Å². The Hall–Kier alpha value is -1.03. The first-order chi connectivity index (χ1) is 8.49. The zero-order valence-electron chi connectivity index (χ0n) is 10.7. The first-order valence-electron chi connectivity index (χ1n) is 6.27. The highest BCUT2D eigenvalue weighted by Gasteiger charge is 2.30. The molecule has 1 aromatic carbocycles. The van der Waals surface area contributed by atoms with Gasteiger partial charge < -0.3 is 10.0 Å². The quantitative estimate of drug-likeness (QED) is 0.894. The van der Waals surface area contributed by atoms with E-state index in [-0.39, 0.29) is 6.04 Å². The zero-order chi connectivity index (χ0) is 13.3. The van der Waals surface area contributed by atoms with Crippen molar-refractivity contribution in [1.82, 2.24) is 4.90 Å². The predicted molar refractivity (Wildman–Crippen MR) is 74.8 cm³/mol. The molecule has 0 aliphatic carbocycles. The minimum absolute atomic E-state index is 0.000602. The van der Waals surface area contributed by atoms with Crippen LogP contribution in [-0.2, 0) is 6.42 Å². The van der Waals surface area contributed by atoms with Crippen molar-refractivity contribution in [2.45, 2.75) is 32.7 Å². The molecule has 0 saturated heterocycles. The van der Waals surface area contributed by atoms with E-state index in [2.05, 4.69) is 41.9 Å². The maximum atomic E-state index is 11.3. The molecular weight excluding hydrogens is 294 g/mol. The number of rotatable bonds is 2. The van der Waals surface area contributed by atoms with Crippen LogP contribution in [0.1, 0.15) is 37.4 Å². The topological polar surface area (TPSA) is 40.5 Å². The van der Waals surface area contributed by atoms with E-state index in [0.29, 0.717) is 12.5 Å². The Morgan fingerprint density at radius 1 is 1.56 bits per heavy atom. The Labute approximate surface area is 116 Å². The number of carboxylic acid groups (broad SMARTS) is 1. The molecule has 1 heterocycles. The van der Waals surface area contributed by atoms with Crippen molar-refractivity contribution in [3.63, 3.8) is 0 Å². The lowest BCUT2D eigenvalue weighted by Gasteiger charge is -2.36. The third kappa shape index (κ3) is 2.69. The van der Waals surface area contributed by atoms with Crippen LogP contribution in [0.2, 0.25) is 0 Å². The summed E-state index contributed by atoms with van der Waals surface area (Å²) < 4.78 is 1.06. The summed E-state index contributed by atoms with van der Waals surface area (Å²) in [4.78, 5) is 12.9. The maximum Gasteiger partial charge on any atom is 0.407 e. The summed E-state index contributed by atoms with van der Waals surface area (Å²) in [6, 6.07) is 6.17. The molecule has 0 radical (unpaired) electrons. The molecule has 1 atom stereocenters. The lowest BCUT2D eigenvalue weighted by Crippen LogP contribution is -2.39. The Balaban J connectivity index is 2.38. The smallest absolute Gasteiger partial charge is 0.407 e. The third-order valence-corrected chi connectivity index (χ3v) is 3.90. The molecule has 1 amide bonds. The molecule has 1 N–H and O–H groups in total. The van der Waals surface area contributed by atoms with E-state index in [0.717, 1.165) is 17.3 Å². The molecule has 1 unspecified atom stereocenters. The molecule has 1 aliphatic rings. The van der Waals surface area contributed by atoms with Gasteiger partial charge in [0.1, 0.15) is 0 Å². The van der Waals surface area contributed by atoms with Gasteiger partial charge in [-0.25, -0.2) is 4.79 Å². The van der Waals surface area contributed by atoms with Gasteiger partial charge in [0.25, 0.3) is 0 Å². The Morgan fingerprint density at radius 3 is 2.89 bits per heavy atom. The standard InChI is InChI=1S/C14H18BrNO2/c1-9(2)7-13-12-4-3-11(15)8-10(12)5-6-16(13)14(17)18/h3-4,8-9,13H,5-7H2,1-2H3,(H,17,18). The van der Waals surface area contributed by atoms with Gasteiger partial charge in [0.15, 0.2) is 0 Å². The van der Waals surface area contributed by atoms with Crippen molar-refractivity contribution in [3.05, 3.63) is 33.8 Å². The molecule has 2 rings (SSSR count). The molecule has 18 heavy (non-hydrogen) atoms. The summed E-state index contributed by atoms with van der Waals surface area (Å²) in [5, 5.41) is 9.32. The predicted octanol–water partition coefficient (Wildman–Crippen LogP) is 4.07. The van der Waals surface area contributed by atoms with Crippen LogP contribution in [0.3, 0.4) is 0 Å². The molecule has 3 nitrogen and oxygen atoms in total. The van der Waals surface area contributed by atoms with Crippen molar-refractivity contribution in [2.75, 3.05) is 6.54 Å². The molecule has 98 valence electrons. The fraction of sp³-hybridized carbons (Fsp3) is 0.500. The highest BCUT2D eigenvalue weighted by molar-refractivity contribution is 9.10. The van der Waals surface area contributed by atoms with Crippen LogP contribution in [0.4, 0.5) is 4.79 Å². The first kappa shape index (κ1) is 13.4. The number of hydrogen-bond donors (Lipinski definition) is 1. The molecule has 1 aromatic rings. The molecular formula is C14H18BrNO2. The Bertz CT molecular complexity index is 459. The van der Waals surface area contributed by atoms with Crippen molar-refractivity contribution in [1.29, 1.82) is 0 Å². The monoisotopic (exact) mass is 311 g/mol. The van der Waals surface area contributed by atoms with E-state index in [4.69, 9.17) is 0 Å². The number of carbonyl (C=O) groups is 1. The Kier molecular flexibility index (Phi) is 3.95. The molecule has 0 aromatic heterocycles. The van der Waals surface area contributed by atoms with Crippen molar-refractivity contribution >= 4 is 22.0 Å². The van der Waals surface area contributed by atoms with Gasteiger partial charge in [-0.05, 0) is 42.0 Å². The fourth-order valence-electron chi connectivity index (χ4n) is 2.61. The zero-order valence-corrected chi connectivity index (χ0v) is 12.3. The summed E-state index contributed by atoms with van der Waals surface area (Å²) in [6.45, 7) is 4.86. The average Bonchev–Trinajstić information content (AvgIpc) is 2.27. The lowest BCUT2D eigenvalue weighted by molar-refractivity contribution is 0.113. The summed E-state index contributed by atoms with van der Waals surface area (Å²) in [5.74, 6) is 0.478. The summed E-state index contributed by atoms with van der Waals surface area (Å²) in [5.41, 5.74) is 2.44. The summed E-state index contributed by atoms with van der Waals surface area (Å²) in [6.07, 6.45) is 0.866. The largest absolute Gasteiger partial charge is 0.465 e. The average molecular weight is 312 g/mol. The summed E-state index contributed by atoms with van der Waals surface area (Å²) in [7, 11) is 0. The second kappa shape index (κ2) is 5.31. The van der Waals surface area contributed by atoms with Gasteiger partial charge in [-0.3, -0.25) is 0 Å². The second-order valence-electron chi connectivity index (χ2n) is 5.21. The SMILES string of the molecule is CC(C)CC1c2ccc(Br)cc2CCN1C(=O)O. The number of amides is 1. The van der Waals surface area contributed by atoms with Gasteiger partial charge in [0.2, 0.25) is 0 Å². The van der Waals surface area contributed by atoms with E-state index in [1.54, 1.807) is 4.90 Å². The highest BCUT2D eigenvalue weighted by atomic mass is 79.9. The van der Waals surface area contributed by atoms with Crippen LogP contribution >= 0.6 is 15.9 Å². The van der Waals surface area contributed by atoms with Gasteiger partial charge in [-0.1, -0.05) is 35.8 Å². The van der Waals surface area contributed by atoms with Crippen LogP contribution in [-0.4, -0.2) is 22.6 Å². The fourth-order valence-corrected chi connectivity index (χ4v) is 3.02. The molecule has 0 bridgehead atoms. The van der Waals surface area contributed by atoms with Gasteiger partial charge in [-0.15, -0.1) is 0 Å². The van der Waals surface area contributed by atoms with Crippen molar-refractivity contribution in [3.8, 4) is 0 Å². The minimum atomic E-state index is -0.811. The highest BCUT2D eigenvalue weighted by Crippen LogP contribution is 2.35. The van der Waals surface area contributed by atoms with Crippen LogP contribution in [0.25, 0.3) is 0 Å². The van der Waals surface area contributed by atoms with Gasteiger partial charge in [-0.2, -0.15) is 0 Å². The van der Waals surface area contributed by atoms with E-state index < -0.39 is 6.09 Å². The lowest BCUT2D eigenvalue weighted by atomic mass is 9.88. The minimum Gasteiger partial charge on any atom is -0.465 e. The number of benzene rings is 1. The molecule has 0 fully saturated rings. The third-order valence-electron chi connectivity index (χ3n) is 3.40. The number of nitrogens with zero attached hydrogens (tertiary/aromatic N) is 1. The maximum absolute atomic E-state index is 11.3. The van der Waals surface area contributed by atoms with E-state index in [1.807, 2.05) is 6.07 Å². The van der Waals surface area contributed by atoms with Crippen LogP contribution < -0.4 is 0 Å². The van der Waals surface area contributed by atoms with E-state index in [9.17, 15) is 9.90 Å². The summed E-state index contributed by atoms with van der Waals surface area (Å²) >= 11 is 3.48. The van der Waals surface area contributed by atoms with Gasteiger partial charge >= 0.3 is 6.09 Å². The number of hydrogen-bond acceptors (Lipinski definition) is 1. The van der Waals surface area contributed by atoms with Gasteiger partial charge in [0, 0.05) is 11.0 Å². The molecule has 0 spiro atoms. The number of fused-ring (bicyclic) bond motifs is 1. The van der Waals surface area contributed by atoms with Crippen LogP contribution in [0.15, 0.2) is 22.7 Å². The van der Waals surface area contributed by atoms with E-state index in [1.165, 1.54) is 11.1 Å². The Morgan fingerprint density at radius 2 is 2.28 bits per heavy atom. The molecule has 4 heteroatoms. The first-order valence-corrected chi connectivity index (χ1v) is 7.06. The molecule has 0 saturated carbocycles. The molecule has 1 aliphatic heterocycles. The normalized spacial score (nSPS) is 18.9. The number of halogens is 1. The van der Waals surface area contributed by atoms with Crippen LogP contribution in [0, 0.1) is 5.92 Å². The van der Waals surface area contributed by atoms with Crippen molar-refractivity contribution in [2.24, 2.45) is 5.92 Å².